The van der Waals surface area contributed by atoms with Crippen LogP contribution in [0.2, 0.25) is 0 Å². The highest BCUT2D eigenvalue weighted by molar-refractivity contribution is 5.80. The molecule has 4 aromatic rings. The van der Waals surface area contributed by atoms with Gasteiger partial charge in [-0.25, -0.2) is 13.9 Å². The number of aromatic nitrogens is 4. The maximum atomic E-state index is 13.4. The van der Waals surface area contributed by atoms with Crippen molar-refractivity contribution in [3.05, 3.63) is 80.0 Å². The Bertz CT molecular complexity index is 1460. The molecule has 2 aromatic carbocycles. The number of amides is 1. The molecule has 8 heteroatoms. The number of carbonyl (C=O) groups is 1. The maximum absolute atomic E-state index is 13.4. The summed E-state index contributed by atoms with van der Waals surface area (Å²) in [4.78, 5) is 39.0. The molecule has 2 aromatic heterocycles. The Balaban J connectivity index is 1.83. The largest absolute Gasteiger partial charge is 0.354 e. The molecule has 1 unspecified atom stereocenters. The van der Waals surface area contributed by atoms with E-state index in [9.17, 15) is 14.4 Å². The Kier molecular flexibility index (Phi) is 6.18. The number of hydrogen-bond donors (Lipinski definition) is 1. The number of para-hydroxylation sites is 1. The normalized spacial score (nSPS) is 12.4. The lowest BCUT2D eigenvalue weighted by atomic mass is 10.1. The molecule has 0 aliphatic carbocycles. The van der Waals surface area contributed by atoms with Crippen LogP contribution < -0.4 is 16.6 Å². The minimum atomic E-state index is -0.320. The molecule has 0 bridgehead atoms. The average Bonchev–Trinajstić information content (AvgIpc) is 3.12. The van der Waals surface area contributed by atoms with Crippen LogP contribution in [0.15, 0.2) is 52.1 Å². The quantitative estimate of drug-likeness (QED) is 0.472. The lowest BCUT2D eigenvalue weighted by Crippen LogP contribution is -2.34. The standard InChI is InChI=1S/C25H29N5O3/c1-5-18(4)26-22(31)12-13-28-23(32)20-8-6-7-9-21(20)30-24(28)27-29(25(30)33)15-19-14-16(2)10-11-17(19)3/h6-11,14,18H,5,12-13,15H2,1-4H3,(H,26,31). The van der Waals surface area contributed by atoms with Crippen LogP contribution in [0.3, 0.4) is 0 Å². The molecule has 0 saturated carbocycles. The summed E-state index contributed by atoms with van der Waals surface area (Å²) in [6.45, 7) is 8.37. The van der Waals surface area contributed by atoms with Gasteiger partial charge in [0.05, 0.1) is 17.4 Å². The van der Waals surface area contributed by atoms with E-state index >= 15 is 0 Å². The van der Waals surface area contributed by atoms with Crippen LogP contribution in [0.25, 0.3) is 16.7 Å². The van der Waals surface area contributed by atoms with Gasteiger partial charge in [-0.2, -0.15) is 0 Å². The van der Waals surface area contributed by atoms with Crippen molar-refractivity contribution in [2.45, 2.75) is 59.7 Å². The van der Waals surface area contributed by atoms with E-state index < -0.39 is 0 Å². The minimum absolute atomic E-state index is 0.0604. The molecule has 0 radical (unpaired) electrons. The SMILES string of the molecule is CCC(C)NC(=O)CCn1c(=O)c2ccccc2n2c(=O)n(Cc3cc(C)ccc3C)nc12. The van der Waals surface area contributed by atoms with Gasteiger partial charge in [-0.05, 0) is 50.5 Å². The van der Waals surface area contributed by atoms with E-state index in [1.165, 1.54) is 13.6 Å². The van der Waals surface area contributed by atoms with Crippen LogP contribution in [0.1, 0.15) is 43.4 Å². The monoisotopic (exact) mass is 447 g/mol. The van der Waals surface area contributed by atoms with E-state index in [1.807, 2.05) is 45.9 Å². The van der Waals surface area contributed by atoms with Crippen LogP contribution in [0.5, 0.6) is 0 Å². The Labute approximate surface area is 191 Å². The second kappa shape index (κ2) is 9.05. The number of nitrogens with one attached hydrogen (secondary N) is 1. The number of aryl methyl sites for hydroxylation is 3. The zero-order valence-electron chi connectivity index (χ0n) is 19.5. The van der Waals surface area contributed by atoms with Crippen molar-refractivity contribution in [2.24, 2.45) is 0 Å². The number of rotatable bonds is 7. The third-order valence-electron chi connectivity index (χ3n) is 6.09. The summed E-state index contributed by atoms with van der Waals surface area (Å²) >= 11 is 0. The van der Waals surface area contributed by atoms with Crippen molar-refractivity contribution < 1.29 is 4.79 Å². The summed E-state index contributed by atoms with van der Waals surface area (Å²) in [7, 11) is 0. The molecule has 0 saturated heterocycles. The summed E-state index contributed by atoms with van der Waals surface area (Å²) in [5.41, 5.74) is 3.08. The molecule has 2 heterocycles. The number of benzene rings is 2. The smallest absolute Gasteiger partial charge is 0.352 e. The van der Waals surface area contributed by atoms with Gasteiger partial charge in [-0.3, -0.25) is 14.2 Å². The van der Waals surface area contributed by atoms with Gasteiger partial charge in [0.1, 0.15) is 0 Å². The fraction of sp³-hybridized carbons (Fsp3) is 0.360. The van der Waals surface area contributed by atoms with Gasteiger partial charge in [-0.1, -0.05) is 42.8 Å². The highest BCUT2D eigenvalue weighted by Crippen LogP contribution is 2.14. The first-order chi connectivity index (χ1) is 15.8. The first kappa shape index (κ1) is 22.5. The van der Waals surface area contributed by atoms with E-state index in [0.29, 0.717) is 17.4 Å². The summed E-state index contributed by atoms with van der Waals surface area (Å²) < 4.78 is 4.28. The molecule has 0 spiro atoms. The van der Waals surface area contributed by atoms with Gasteiger partial charge < -0.3 is 5.32 Å². The van der Waals surface area contributed by atoms with Crippen LogP contribution in [-0.2, 0) is 17.9 Å². The molecule has 172 valence electrons. The molecule has 1 N–H and O–H groups in total. The molecule has 33 heavy (non-hydrogen) atoms. The molecule has 0 aliphatic heterocycles. The number of carbonyl (C=O) groups excluding carboxylic acids is 1. The number of hydrogen-bond acceptors (Lipinski definition) is 4. The van der Waals surface area contributed by atoms with E-state index in [0.717, 1.165) is 23.1 Å². The molecule has 1 atom stereocenters. The topological polar surface area (TPSA) is 90.4 Å². The molecule has 8 nitrogen and oxygen atoms in total. The van der Waals surface area contributed by atoms with Gasteiger partial charge in [0.2, 0.25) is 11.7 Å². The van der Waals surface area contributed by atoms with Crippen molar-refractivity contribution in [1.29, 1.82) is 0 Å². The molecular formula is C25H29N5O3. The highest BCUT2D eigenvalue weighted by Gasteiger charge is 2.18. The van der Waals surface area contributed by atoms with Crippen LogP contribution in [0, 0.1) is 13.8 Å². The van der Waals surface area contributed by atoms with Crippen molar-refractivity contribution in [3.63, 3.8) is 0 Å². The summed E-state index contributed by atoms with van der Waals surface area (Å²) in [5.74, 6) is 0.102. The van der Waals surface area contributed by atoms with Crippen molar-refractivity contribution in [3.8, 4) is 0 Å². The van der Waals surface area contributed by atoms with Gasteiger partial charge in [0, 0.05) is 19.0 Å². The Morgan fingerprint density at radius 1 is 1.12 bits per heavy atom. The number of nitrogens with zero attached hydrogens (tertiary/aromatic N) is 4. The van der Waals surface area contributed by atoms with Crippen molar-refractivity contribution in [1.82, 2.24) is 24.1 Å². The van der Waals surface area contributed by atoms with Gasteiger partial charge in [0.25, 0.3) is 5.56 Å². The fourth-order valence-corrected chi connectivity index (χ4v) is 3.97. The zero-order valence-corrected chi connectivity index (χ0v) is 19.5. The van der Waals surface area contributed by atoms with E-state index in [1.54, 1.807) is 24.3 Å². The second-order valence-corrected chi connectivity index (χ2v) is 8.61. The lowest BCUT2D eigenvalue weighted by Gasteiger charge is -2.12. The number of fused-ring (bicyclic) bond motifs is 3. The van der Waals surface area contributed by atoms with E-state index in [4.69, 9.17) is 0 Å². The van der Waals surface area contributed by atoms with E-state index in [-0.39, 0.29) is 41.9 Å². The maximum Gasteiger partial charge on any atom is 0.352 e. The van der Waals surface area contributed by atoms with Gasteiger partial charge in [-0.15, -0.1) is 5.10 Å². The predicted molar refractivity (Wildman–Crippen MR) is 129 cm³/mol. The Hall–Kier alpha value is -3.68. The van der Waals surface area contributed by atoms with Crippen LogP contribution >= 0.6 is 0 Å². The van der Waals surface area contributed by atoms with Gasteiger partial charge >= 0.3 is 5.69 Å². The third kappa shape index (κ3) is 4.33. The molecule has 4 rings (SSSR count). The first-order valence-corrected chi connectivity index (χ1v) is 11.3. The summed E-state index contributed by atoms with van der Waals surface area (Å²) in [6, 6.07) is 13.1. The first-order valence-electron chi connectivity index (χ1n) is 11.3. The second-order valence-electron chi connectivity index (χ2n) is 8.61. The fourth-order valence-electron chi connectivity index (χ4n) is 3.97. The summed E-state index contributed by atoms with van der Waals surface area (Å²) in [6.07, 6.45) is 0.945. The minimum Gasteiger partial charge on any atom is -0.354 e. The highest BCUT2D eigenvalue weighted by atomic mass is 16.2. The van der Waals surface area contributed by atoms with Crippen molar-refractivity contribution >= 4 is 22.6 Å². The molecule has 0 fully saturated rings. The molecular weight excluding hydrogens is 418 g/mol. The van der Waals surface area contributed by atoms with Gasteiger partial charge in [0.15, 0.2) is 0 Å². The van der Waals surface area contributed by atoms with Crippen molar-refractivity contribution in [2.75, 3.05) is 0 Å². The molecule has 0 aliphatic rings. The average molecular weight is 448 g/mol. The third-order valence-corrected chi connectivity index (χ3v) is 6.09. The summed E-state index contributed by atoms with van der Waals surface area (Å²) in [5, 5.41) is 7.88. The van der Waals surface area contributed by atoms with E-state index in [2.05, 4.69) is 10.4 Å². The van der Waals surface area contributed by atoms with Crippen LogP contribution in [0.4, 0.5) is 0 Å². The zero-order chi connectivity index (χ0) is 23.7. The predicted octanol–water partition coefficient (Wildman–Crippen LogP) is 2.78. The Morgan fingerprint density at radius 3 is 2.64 bits per heavy atom. The molecule has 1 amide bonds. The lowest BCUT2D eigenvalue weighted by molar-refractivity contribution is -0.121. The Morgan fingerprint density at radius 2 is 1.88 bits per heavy atom. The van der Waals surface area contributed by atoms with Crippen LogP contribution in [-0.4, -0.2) is 30.7 Å².